The number of hydrogen-bond acceptors (Lipinski definition) is 2. The van der Waals surface area contributed by atoms with Gasteiger partial charge in [0.15, 0.2) is 0 Å². The molecule has 0 bridgehead atoms. The first-order chi connectivity index (χ1) is 5.47. The zero-order chi connectivity index (χ0) is 9.19. The van der Waals surface area contributed by atoms with Gasteiger partial charge < -0.3 is 12.9 Å². The van der Waals surface area contributed by atoms with E-state index in [4.69, 9.17) is 0 Å². The van der Waals surface area contributed by atoms with Gasteiger partial charge in [-0.15, -0.1) is 0 Å². The van der Waals surface area contributed by atoms with Crippen molar-refractivity contribution in [1.29, 1.82) is 0 Å². The number of nitrogens with zero attached hydrogens (tertiary/aromatic N) is 2. The second kappa shape index (κ2) is 5.82. The van der Waals surface area contributed by atoms with Crippen LogP contribution in [0, 0.1) is 0 Å². The molecule has 68 valence electrons. The Morgan fingerprint density at radius 1 is 1.54 bits per heavy atom. The first-order valence-corrected chi connectivity index (χ1v) is 4.28. The molecule has 0 aliphatic heterocycles. The zero-order valence-electron chi connectivity index (χ0n) is 7.38. The van der Waals surface area contributed by atoms with E-state index in [0.717, 1.165) is 11.8 Å². The molecule has 0 spiro atoms. The van der Waals surface area contributed by atoms with Crippen molar-refractivity contribution in [2.24, 2.45) is 7.05 Å². The topological polar surface area (TPSA) is 17.8 Å². The van der Waals surface area contributed by atoms with Crippen LogP contribution in [0.3, 0.4) is 0 Å². The summed E-state index contributed by atoms with van der Waals surface area (Å²) >= 11 is 0.768. The summed E-state index contributed by atoms with van der Waals surface area (Å²) in [5.74, 6) is 0. The van der Waals surface area contributed by atoms with E-state index in [-0.39, 0.29) is 51.4 Å². The van der Waals surface area contributed by atoms with E-state index in [9.17, 15) is 12.9 Å². The van der Waals surface area contributed by atoms with Gasteiger partial charge in [-0.1, -0.05) is 0 Å². The van der Waals surface area contributed by atoms with Crippen molar-refractivity contribution in [3.8, 4) is 0 Å². The predicted molar refractivity (Wildman–Crippen MR) is 43.0 cm³/mol. The maximum atomic E-state index is 11.8. The standard InChI is InChI=1S/C5H7BF3N2S.K/c1-11-3-5(2-10-11)12-4-6(7,8)9;/h2-3H,4H2,1H3;/q-1;+1. The number of thioether (sulfide) groups is 1. The molecule has 0 aliphatic rings. The largest absolute Gasteiger partial charge is 1.00 e. The van der Waals surface area contributed by atoms with Crippen LogP contribution in [-0.2, 0) is 7.05 Å². The maximum absolute atomic E-state index is 11.8. The van der Waals surface area contributed by atoms with E-state index in [2.05, 4.69) is 5.10 Å². The van der Waals surface area contributed by atoms with E-state index in [1.165, 1.54) is 10.9 Å². The molecule has 0 amide bonds. The van der Waals surface area contributed by atoms with Crippen LogP contribution in [0.1, 0.15) is 0 Å². The Morgan fingerprint density at radius 2 is 2.15 bits per heavy atom. The van der Waals surface area contributed by atoms with Gasteiger partial charge in [0.2, 0.25) is 0 Å². The van der Waals surface area contributed by atoms with Crippen LogP contribution in [-0.4, -0.2) is 22.4 Å². The van der Waals surface area contributed by atoms with Gasteiger partial charge in [0.25, 0.3) is 0 Å². The third kappa shape index (κ3) is 6.19. The molecule has 2 nitrogen and oxygen atoms in total. The Bertz CT molecular complexity index is 265. The average Bonchev–Trinajstić information content (AvgIpc) is 2.30. The summed E-state index contributed by atoms with van der Waals surface area (Å²) in [6, 6.07) is 0. The average molecular weight is 234 g/mol. The summed E-state index contributed by atoms with van der Waals surface area (Å²) in [5, 5.41) is 3.75. The third-order valence-electron chi connectivity index (χ3n) is 1.12. The van der Waals surface area contributed by atoms with Gasteiger partial charge in [-0.25, -0.2) is 0 Å². The molecule has 0 atom stereocenters. The van der Waals surface area contributed by atoms with Gasteiger partial charge in [-0.2, -0.15) is 16.9 Å². The van der Waals surface area contributed by atoms with Crippen molar-refractivity contribution in [1.82, 2.24) is 9.78 Å². The zero-order valence-corrected chi connectivity index (χ0v) is 11.3. The van der Waals surface area contributed by atoms with E-state index in [1.807, 2.05) is 0 Å². The van der Waals surface area contributed by atoms with Crippen LogP contribution in [0.4, 0.5) is 12.9 Å². The van der Waals surface area contributed by atoms with Crippen LogP contribution in [0.15, 0.2) is 17.3 Å². The molecule has 0 unspecified atom stereocenters. The van der Waals surface area contributed by atoms with Gasteiger partial charge in [-0.05, 0) is 5.65 Å². The maximum Gasteiger partial charge on any atom is 1.00 e. The summed E-state index contributed by atoms with van der Waals surface area (Å²) in [5.41, 5.74) is -0.800. The van der Waals surface area contributed by atoms with Gasteiger partial charge in [-0.3, -0.25) is 4.68 Å². The molecule has 0 N–H and O–H groups in total. The molecule has 1 rings (SSSR count). The molecule has 1 heterocycles. The van der Waals surface area contributed by atoms with Gasteiger partial charge in [0.1, 0.15) is 0 Å². The molecule has 0 aromatic carbocycles. The fraction of sp³-hybridized carbons (Fsp3) is 0.400. The normalized spacial score (nSPS) is 11.1. The quantitative estimate of drug-likeness (QED) is 0.488. The number of rotatable bonds is 3. The smallest absolute Gasteiger partial charge is 0.448 e. The Kier molecular flexibility index (Phi) is 6.29. The molecule has 0 saturated heterocycles. The van der Waals surface area contributed by atoms with Crippen LogP contribution < -0.4 is 51.4 Å². The fourth-order valence-electron chi connectivity index (χ4n) is 0.664. The van der Waals surface area contributed by atoms with Crippen molar-refractivity contribution in [3.05, 3.63) is 12.4 Å². The van der Waals surface area contributed by atoms with Gasteiger partial charge in [0.05, 0.1) is 6.20 Å². The minimum Gasteiger partial charge on any atom is -0.448 e. The number of hydrogen-bond donors (Lipinski definition) is 0. The minimum atomic E-state index is -4.69. The Balaban J connectivity index is 0.00000144. The second-order valence-electron chi connectivity index (χ2n) is 2.37. The second-order valence-corrected chi connectivity index (χ2v) is 3.46. The molecule has 0 radical (unpaired) electrons. The van der Waals surface area contributed by atoms with E-state index in [0.29, 0.717) is 4.90 Å². The summed E-state index contributed by atoms with van der Waals surface area (Å²) in [7, 11) is 1.67. The van der Waals surface area contributed by atoms with Gasteiger partial charge >= 0.3 is 58.4 Å². The van der Waals surface area contributed by atoms with E-state index >= 15 is 0 Å². The Labute approximate surface area is 121 Å². The monoisotopic (exact) mass is 234 g/mol. The molecule has 0 saturated carbocycles. The van der Waals surface area contributed by atoms with Crippen molar-refractivity contribution in [3.63, 3.8) is 0 Å². The number of aromatic nitrogens is 2. The summed E-state index contributed by atoms with van der Waals surface area (Å²) in [6.07, 6.45) is 2.99. The molecule has 0 aliphatic carbocycles. The summed E-state index contributed by atoms with van der Waals surface area (Å²) in [6.45, 7) is -4.69. The van der Waals surface area contributed by atoms with Crippen molar-refractivity contribution >= 4 is 18.7 Å². The molecule has 1 aromatic rings. The molecule has 0 fully saturated rings. The van der Waals surface area contributed by atoms with Crippen LogP contribution >= 0.6 is 11.8 Å². The molecular weight excluding hydrogens is 227 g/mol. The number of aryl methyl sites for hydroxylation is 1. The van der Waals surface area contributed by atoms with Crippen LogP contribution in [0.2, 0.25) is 0 Å². The SMILES string of the molecule is Cn1cc(SC[B-](F)(F)F)cn1.[K+]. The van der Waals surface area contributed by atoms with Gasteiger partial charge in [0, 0.05) is 18.1 Å². The predicted octanol–water partition coefficient (Wildman–Crippen LogP) is -1.10. The first-order valence-electron chi connectivity index (χ1n) is 3.30. The fourth-order valence-corrected chi connectivity index (χ4v) is 1.39. The summed E-state index contributed by atoms with van der Waals surface area (Å²) in [4.78, 5) is 0.553. The van der Waals surface area contributed by atoms with Crippen molar-refractivity contribution < 1.29 is 64.3 Å². The molecule has 8 heteroatoms. The van der Waals surface area contributed by atoms with Crippen molar-refractivity contribution in [2.45, 2.75) is 4.90 Å². The van der Waals surface area contributed by atoms with Crippen molar-refractivity contribution in [2.75, 3.05) is 5.65 Å². The Morgan fingerprint density at radius 3 is 2.54 bits per heavy atom. The molecule has 13 heavy (non-hydrogen) atoms. The first kappa shape index (κ1) is 14.1. The Hall–Kier alpha value is 1.05. The summed E-state index contributed by atoms with van der Waals surface area (Å²) < 4.78 is 36.8. The van der Waals surface area contributed by atoms with E-state index < -0.39 is 12.6 Å². The van der Waals surface area contributed by atoms with Crippen LogP contribution in [0.25, 0.3) is 0 Å². The molecular formula is C5H7BF3KN2S. The van der Waals surface area contributed by atoms with Crippen LogP contribution in [0.5, 0.6) is 0 Å². The minimum absolute atomic E-state index is 0. The third-order valence-corrected chi connectivity index (χ3v) is 2.21. The molecule has 1 aromatic heterocycles. The van der Waals surface area contributed by atoms with E-state index in [1.54, 1.807) is 13.2 Å². The number of halogens is 3.